The first-order valence-corrected chi connectivity index (χ1v) is 9.07. The molecule has 7 nitrogen and oxygen atoms in total. The molecule has 2 aromatic rings. The Morgan fingerprint density at radius 1 is 1.37 bits per heavy atom. The first-order valence-electron chi connectivity index (χ1n) is 8.69. The third kappa shape index (κ3) is 3.21. The molecule has 1 amide bonds. The average molecular weight is 392 g/mol. The fraction of sp³-hybridized carbons (Fsp3) is 0.421. The zero-order valence-corrected chi connectivity index (χ0v) is 16.2. The predicted molar refractivity (Wildman–Crippen MR) is 100 cm³/mol. The highest BCUT2D eigenvalue weighted by Crippen LogP contribution is 2.51. The number of benzene rings is 1. The molecule has 0 radical (unpaired) electrons. The van der Waals surface area contributed by atoms with E-state index in [4.69, 9.17) is 16.3 Å². The Morgan fingerprint density at radius 2 is 2.04 bits per heavy atom. The molecule has 1 aromatic carbocycles. The Morgan fingerprint density at radius 3 is 2.59 bits per heavy atom. The number of hydrogen-bond acceptors (Lipinski definition) is 4. The van der Waals surface area contributed by atoms with Crippen molar-refractivity contribution in [1.82, 2.24) is 15.1 Å². The summed E-state index contributed by atoms with van der Waals surface area (Å²) in [5, 5.41) is 17.3. The molecule has 144 valence electrons. The molecular formula is C19H22ClN3O4. The SMILES string of the molecule is CCOC1CC(NC(=O)c2cnn(-c3ccc(Cl)cc3)c2)(C(=O)O)C1(C)C. The summed E-state index contributed by atoms with van der Waals surface area (Å²) in [6, 6.07) is 7.00. The maximum atomic E-state index is 12.7. The molecule has 1 aromatic heterocycles. The lowest BCUT2D eigenvalue weighted by Gasteiger charge is -2.58. The van der Waals surface area contributed by atoms with Gasteiger partial charge in [0.1, 0.15) is 5.54 Å². The van der Waals surface area contributed by atoms with E-state index in [1.165, 1.54) is 10.9 Å². The van der Waals surface area contributed by atoms with Crippen LogP contribution in [0.25, 0.3) is 5.69 Å². The number of carbonyl (C=O) groups is 2. The number of nitrogens with zero attached hydrogens (tertiary/aromatic N) is 2. The number of halogens is 1. The van der Waals surface area contributed by atoms with Gasteiger partial charge in [0, 0.05) is 29.7 Å². The van der Waals surface area contributed by atoms with Gasteiger partial charge in [-0.25, -0.2) is 9.48 Å². The smallest absolute Gasteiger partial charge is 0.330 e. The van der Waals surface area contributed by atoms with Gasteiger partial charge in [-0.1, -0.05) is 25.4 Å². The van der Waals surface area contributed by atoms with Gasteiger partial charge < -0.3 is 15.2 Å². The van der Waals surface area contributed by atoms with Crippen molar-refractivity contribution in [2.75, 3.05) is 6.61 Å². The molecule has 1 heterocycles. The number of aromatic nitrogens is 2. The van der Waals surface area contributed by atoms with Gasteiger partial charge in [0.15, 0.2) is 0 Å². The summed E-state index contributed by atoms with van der Waals surface area (Å²) in [6.07, 6.45) is 2.96. The second-order valence-corrected chi connectivity index (χ2v) is 7.62. The molecule has 0 bridgehead atoms. The molecule has 0 spiro atoms. The van der Waals surface area contributed by atoms with Crippen molar-refractivity contribution < 1.29 is 19.4 Å². The quantitative estimate of drug-likeness (QED) is 0.789. The van der Waals surface area contributed by atoms with Gasteiger partial charge in [0.05, 0.1) is 23.6 Å². The molecule has 1 fully saturated rings. The lowest BCUT2D eigenvalue weighted by atomic mass is 9.54. The molecule has 1 aliphatic carbocycles. The second kappa shape index (κ2) is 6.98. The molecule has 2 N–H and O–H groups in total. The number of amides is 1. The minimum Gasteiger partial charge on any atom is -0.479 e. The largest absolute Gasteiger partial charge is 0.479 e. The first-order chi connectivity index (χ1) is 12.7. The van der Waals surface area contributed by atoms with E-state index < -0.39 is 22.8 Å². The number of hydrogen-bond donors (Lipinski definition) is 2. The van der Waals surface area contributed by atoms with Crippen LogP contribution in [0.1, 0.15) is 37.6 Å². The molecule has 1 aliphatic rings. The van der Waals surface area contributed by atoms with Gasteiger partial charge in [-0.15, -0.1) is 0 Å². The fourth-order valence-corrected chi connectivity index (χ4v) is 3.60. The maximum Gasteiger partial charge on any atom is 0.330 e. The number of rotatable bonds is 6. The Balaban J connectivity index is 1.80. The molecule has 0 saturated heterocycles. The second-order valence-electron chi connectivity index (χ2n) is 7.18. The Hall–Kier alpha value is -2.38. The number of ether oxygens (including phenoxy) is 1. The summed E-state index contributed by atoms with van der Waals surface area (Å²) >= 11 is 5.88. The van der Waals surface area contributed by atoms with Crippen LogP contribution < -0.4 is 5.32 Å². The first kappa shape index (κ1) is 19.4. The van der Waals surface area contributed by atoms with Gasteiger partial charge >= 0.3 is 5.97 Å². The van der Waals surface area contributed by atoms with E-state index in [1.807, 2.05) is 6.92 Å². The van der Waals surface area contributed by atoms with Crippen LogP contribution in [0.15, 0.2) is 36.7 Å². The van der Waals surface area contributed by atoms with Crippen molar-refractivity contribution in [3.05, 3.63) is 47.2 Å². The lowest BCUT2D eigenvalue weighted by Crippen LogP contribution is -2.76. The van der Waals surface area contributed by atoms with Crippen molar-refractivity contribution in [2.45, 2.75) is 38.8 Å². The summed E-state index contributed by atoms with van der Waals surface area (Å²) in [4.78, 5) is 24.7. The van der Waals surface area contributed by atoms with Gasteiger partial charge in [0.25, 0.3) is 5.91 Å². The summed E-state index contributed by atoms with van der Waals surface area (Å²) in [5.74, 6) is -1.55. The van der Waals surface area contributed by atoms with Crippen molar-refractivity contribution in [2.24, 2.45) is 5.41 Å². The zero-order valence-electron chi connectivity index (χ0n) is 15.4. The maximum absolute atomic E-state index is 12.7. The van der Waals surface area contributed by atoms with Crippen LogP contribution in [-0.4, -0.2) is 45.0 Å². The van der Waals surface area contributed by atoms with E-state index in [0.29, 0.717) is 11.6 Å². The highest BCUT2D eigenvalue weighted by atomic mass is 35.5. The summed E-state index contributed by atoms with van der Waals surface area (Å²) in [5.41, 5.74) is -1.10. The molecule has 0 aliphatic heterocycles. The molecule has 1 saturated carbocycles. The third-order valence-corrected chi connectivity index (χ3v) is 5.64. The number of carbonyl (C=O) groups excluding carboxylic acids is 1. The summed E-state index contributed by atoms with van der Waals surface area (Å²) < 4.78 is 7.15. The van der Waals surface area contributed by atoms with Crippen molar-refractivity contribution >= 4 is 23.5 Å². The lowest BCUT2D eigenvalue weighted by molar-refractivity contribution is -0.190. The molecule has 27 heavy (non-hydrogen) atoms. The van der Waals surface area contributed by atoms with Crippen LogP contribution in [0, 0.1) is 5.41 Å². The fourth-order valence-electron chi connectivity index (χ4n) is 3.48. The van der Waals surface area contributed by atoms with E-state index in [0.717, 1.165) is 5.69 Å². The molecule has 2 unspecified atom stereocenters. The van der Waals surface area contributed by atoms with Crippen LogP contribution in [-0.2, 0) is 9.53 Å². The van der Waals surface area contributed by atoms with E-state index in [9.17, 15) is 14.7 Å². The molecular weight excluding hydrogens is 370 g/mol. The van der Waals surface area contributed by atoms with Crippen molar-refractivity contribution in [3.63, 3.8) is 0 Å². The number of aliphatic carboxylic acids is 1. The van der Waals surface area contributed by atoms with Crippen LogP contribution in [0.2, 0.25) is 5.02 Å². The minimum absolute atomic E-state index is 0.222. The van der Waals surface area contributed by atoms with Crippen LogP contribution in [0.5, 0.6) is 0 Å². The van der Waals surface area contributed by atoms with Crippen LogP contribution in [0.4, 0.5) is 0 Å². The monoisotopic (exact) mass is 391 g/mol. The Labute approximate surface area is 162 Å². The molecule has 8 heteroatoms. The standard InChI is InChI=1S/C19H22ClN3O4/c1-4-27-15-9-19(17(25)26,18(15,2)3)22-16(24)12-10-21-23(11-12)14-7-5-13(20)6-8-14/h5-8,10-11,15H,4,9H2,1-3H3,(H,22,24)(H,25,26). The number of carboxylic acids is 1. The van der Waals surface area contributed by atoms with E-state index in [-0.39, 0.29) is 18.1 Å². The molecule has 2 atom stereocenters. The van der Waals surface area contributed by atoms with Crippen LogP contribution >= 0.6 is 11.6 Å². The van der Waals surface area contributed by atoms with Gasteiger partial charge in [-0.3, -0.25) is 4.79 Å². The van der Waals surface area contributed by atoms with Crippen LogP contribution in [0.3, 0.4) is 0 Å². The molecule has 3 rings (SSSR count). The Bertz CT molecular complexity index is 862. The zero-order chi connectivity index (χ0) is 19.8. The van der Waals surface area contributed by atoms with Gasteiger partial charge in [-0.2, -0.15) is 5.10 Å². The number of nitrogens with one attached hydrogen (secondary N) is 1. The number of carboxylic acid groups (broad SMARTS) is 1. The minimum atomic E-state index is -1.38. The third-order valence-electron chi connectivity index (χ3n) is 5.39. The van der Waals surface area contributed by atoms with Crippen molar-refractivity contribution in [1.29, 1.82) is 0 Å². The van der Waals surface area contributed by atoms with Crippen molar-refractivity contribution in [3.8, 4) is 5.69 Å². The topological polar surface area (TPSA) is 93.5 Å². The summed E-state index contributed by atoms with van der Waals surface area (Å²) in [7, 11) is 0. The summed E-state index contributed by atoms with van der Waals surface area (Å²) in [6.45, 7) is 5.94. The predicted octanol–water partition coefficient (Wildman–Crippen LogP) is 2.91. The van der Waals surface area contributed by atoms with E-state index in [1.54, 1.807) is 44.3 Å². The van der Waals surface area contributed by atoms with E-state index in [2.05, 4.69) is 10.4 Å². The average Bonchev–Trinajstić information content (AvgIpc) is 3.11. The highest BCUT2D eigenvalue weighted by Gasteiger charge is 2.66. The highest BCUT2D eigenvalue weighted by molar-refractivity contribution is 6.30. The van der Waals surface area contributed by atoms with E-state index >= 15 is 0 Å². The van der Waals surface area contributed by atoms with Gasteiger partial charge in [0.2, 0.25) is 0 Å². The Kier molecular flexibility index (Phi) is 5.01. The normalized spacial score (nSPS) is 23.5. The van der Waals surface area contributed by atoms with Gasteiger partial charge in [-0.05, 0) is 31.2 Å².